The van der Waals surface area contributed by atoms with Crippen LogP contribution < -0.4 is 0 Å². The van der Waals surface area contributed by atoms with Crippen LogP contribution in [0.5, 0.6) is 0 Å². The van der Waals surface area contributed by atoms with E-state index >= 15 is 0 Å². The van der Waals surface area contributed by atoms with Crippen LogP contribution in [-0.2, 0) is 4.89 Å². The molecule has 0 aliphatic heterocycles. The summed E-state index contributed by atoms with van der Waals surface area (Å²) in [6, 6.07) is 0. The summed E-state index contributed by atoms with van der Waals surface area (Å²) in [6.07, 6.45) is 0. The highest BCUT2D eigenvalue weighted by Crippen LogP contribution is 2.00. The van der Waals surface area contributed by atoms with Crippen molar-refractivity contribution in [1.29, 1.82) is 1.43 Å². The van der Waals surface area contributed by atoms with E-state index < -0.39 is 38.3 Å². The third-order valence-corrected chi connectivity index (χ3v) is 0.394. The summed E-state index contributed by atoms with van der Waals surface area (Å²) in [5.74, 6) is 0. The van der Waals surface area contributed by atoms with Gasteiger partial charge in [0.05, 0.1) is 2.74 Å². The lowest BCUT2D eigenvalue weighted by molar-refractivity contribution is -0.234. The summed E-state index contributed by atoms with van der Waals surface area (Å²) in [6.45, 7) is -13.6. The summed E-state index contributed by atoms with van der Waals surface area (Å²) in [5.41, 5.74) is -3.16. The molecule has 0 radical (unpaired) electrons. The van der Waals surface area contributed by atoms with Crippen LogP contribution in [0, 0.1) is 0 Å². The monoisotopic (exact) mass is 128 g/mol. The molecule has 2 nitrogen and oxygen atoms in total. The predicted octanol–water partition coefficient (Wildman–Crippen LogP) is 1.83. The van der Waals surface area contributed by atoms with Crippen LogP contribution in [0.1, 0.15) is 35.6 Å². The van der Waals surface area contributed by atoms with Gasteiger partial charge in [-0.25, -0.2) is 4.89 Å². The lowest BCUT2D eigenvalue weighted by Gasteiger charge is -1.97. The second-order valence-corrected chi connectivity index (χ2v) is 0.935. The van der Waals surface area contributed by atoms with Crippen molar-refractivity contribution in [2.45, 2.75) is 20.6 Å². The number of hydrogen-bond donors (Lipinski definition) is 1. The molecule has 1 N–H and O–H groups in total. The van der Waals surface area contributed by atoms with Crippen molar-refractivity contribution in [3.63, 3.8) is 0 Å². The van der Waals surface area contributed by atoms with Gasteiger partial charge in [-0.3, -0.25) is 5.26 Å². The summed E-state index contributed by atoms with van der Waals surface area (Å²) < 4.78 is 85.1. The second-order valence-electron chi connectivity index (χ2n) is 0.935. The smallest absolute Gasteiger partial charge is 0.251 e. The Hall–Kier alpha value is -0.340. The van der Waals surface area contributed by atoms with Gasteiger partial charge in [-0.1, -0.05) is 5.57 Å². The van der Waals surface area contributed by atoms with E-state index in [0.29, 0.717) is 0 Å². The maximum atomic E-state index is 7.31. The third kappa shape index (κ3) is 2.77. The number of hydrogen-bond acceptors (Lipinski definition) is 2. The molecule has 0 aromatic carbocycles. The minimum Gasteiger partial charge on any atom is -0.251 e. The molecule has 0 saturated heterocycles. The minimum absolute atomic E-state index is 1.58. The maximum absolute atomic E-state index is 7.31. The molecule has 0 bridgehead atoms. The average Bonchev–Trinajstić information content (AvgIpc) is 2.07. The zero-order chi connectivity index (χ0) is 16.6. The number of rotatable bonds is 3. The fraction of sp³-hybridized carbons (Fsp3) is 0.667. The molecule has 0 aromatic heterocycles. The molecular weight excluding hydrogens is 104 g/mol. The van der Waals surface area contributed by atoms with Gasteiger partial charge in [-0.15, -0.1) is 0 Å². The molecule has 0 heterocycles. The quantitative estimate of drug-likeness (QED) is 0.357. The Bertz CT molecular complexity index is 355. The van der Waals surface area contributed by atoms with Crippen LogP contribution in [0.25, 0.3) is 1.43 Å². The van der Waals surface area contributed by atoms with E-state index in [0.717, 1.165) is 0 Å². The molecule has 0 atom stereocenters. The van der Waals surface area contributed by atoms with Gasteiger partial charge in [0.15, 0.2) is 0 Å². The van der Waals surface area contributed by atoms with Crippen molar-refractivity contribution >= 4 is 0 Å². The maximum Gasteiger partial charge on any atom is 0.255 e. The summed E-state index contributed by atoms with van der Waals surface area (Å²) in [4.78, 5) is 3.77. The zero-order valence-electron chi connectivity index (χ0n) is 15.8. The first kappa shape index (κ1) is 0.976. The lowest BCUT2D eigenvalue weighted by Crippen LogP contribution is -1.91. The first-order valence-corrected chi connectivity index (χ1v) is 1.62. The van der Waals surface area contributed by atoms with Crippen molar-refractivity contribution in [2.24, 2.45) is 0 Å². The normalized spacial score (nSPS) is 37.5. The standard InChI is InChI=1S/C6H12O2/c1-5(2)6(3)4-8-7/h7H,4H2,1-3H3/i1D3,2D3,3D3,4D2/hD. The molecule has 8 heavy (non-hydrogen) atoms. The lowest BCUT2D eigenvalue weighted by atomic mass is 10.2. The van der Waals surface area contributed by atoms with Crippen molar-refractivity contribution in [3.8, 4) is 0 Å². The fourth-order valence-corrected chi connectivity index (χ4v) is 0.0927. The van der Waals surface area contributed by atoms with E-state index in [9.17, 15) is 0 Å². The topological polar surface area (TPSA) is 29.5 Å². The molecule has 0 aromatic rings. The molecule has 0 spiro atoms. The zero-order valence-corrected chi connectivity index (χ0v) is 3.82. The van der Waals surface area contributed by atoms with Crippen LogP contribution in [0.3, 0.4) is 0 Å². The average molecular weight is 128 g/mol. The Morgan fingerprint density at radius 2 is 2.75 bits per heavy atom. The van der Waals surface area contributed by atoms with Crippen molar-refractivity contribution in [1.82, 2.24) is 0 Å². The molecule has 0 aliphatic carbocycles. The molecule has 2 heteroatoms. The molecule has 48 valence electrons. The highest BCUT2D eigenvalue weighted by Gasteiger charge is 1.88. The van der Waals surface area contributed by atoms with Gasteiger partial charge in [-0.2, -0.15) is 0 Å². The van der Waals surface area contributed by atoms with Gasteiger partial charge in [0, 0.05) is 12.3 Å². The highest BCUT2D eigenvalue weighted by molar-refractivity contribution is 5.06. The van der Waals surface area contributed by atoms with Crippen LogP contribution in [0.2, 0.25) is 0 Å². The Kier molecular flexibility index (Phi) is 0.444. The van der Waals surface area contributed by atoms with Gasteiger partial charge < -0.3 is 0 Å². The SMILES string of the molecule is [2H]OOC([2H])([2H])C(=C(C([2H])([2H])[2H])C([2H])([2H])[2H])C([2H])([2H])[2H]. The van der Waals surface area contributed by atoms with E-state index in [4.69, 9.17) is 16.5 Å². The van der Waals surface area contributed by atoms with Crippen LogP contribution in [-0.4, -0.2) is 11.8 Å². The van der Waals surface area contributed by atoms with Crippen molar-refractivity contribution in [3.05, 3.63) is 11.1 Å². The number of allylic oxidation sites excluding steroid dienone is 1. The van der Waals surface area contributed by atoms with E-state index in [1.165, 1.54) is 0 Å². The second kappa shape index (κ2) is 3.64. The molecule has 0 saturated carbocycles. The summed E-state index contributed by atoms with van der Waals surface area (Å²) in [5, 5.41) is 3.28. The Morgan fingerprint density at radius 1 is 1.88 bits per heavy atom. The van der Waals surface area contributed by atoms with Crippen LogP contribution >= 0.6 is 0 Å². The Morgan fingerprint density at radius 3 is 3.25 bits per heavy atom. The Labute approximate surface area is 66.7 Å². The van der Waals surface area contributed by atoms with E-state index in [-0.39, 0.29) is 0 Å². The Balaban J connectivity index is 6.51. The van der Waals surface area contributed by atoms with Crippen LogP contribution in [0.15, 0.2) is 11.1 Å². The fourth-order valence-electron chi connectivity index (χ4n) is 0.0927. The van der Waals surface area contributed by atoms with E-state index in [1.54, 1.807) is 0 Å². The molecule has 0 fully saturated rings. The predicted molar refractivity (Wildman–Crippen MR) is 32.6 cm³/mol. The van der Waals surface area contributed by atoms with Crippen molar-refractivity contribution in [2.75, 3.05) is 6.56 Å². The minimum atomic E-state index is -3.43. The third-order valence-electron chi connectivity index (χ3n) is 0.394. The largest absolute Gasteiger partial charge is 0.255 e. The van der Waals surface area contributed by atoms with Gasteiger partial charge in [0.25, 0.3) is 1.43 Å². The van der Waals surface area contributed by atoms with Gasteiger partial charge in [0.2, 0.25) is 0 Å². The first-order valence-electron chi connectivity index (χ1n) is 7.53. The van der Waals surface area contributed by atoms with E-state index in [2.05, 4.69) is 10.1 Å². The summed E-state index contributed by atoms with van der Waals surface area (Å²) in [7, 11) is 0. The van der Waals surface area contributed by atoms with Crippen LogP contribution in [0.4, 0.5) is 0 Å². The highest BCUT2D eigenvalue weighted by atomic mass is 17.1. The summed E-state index contributed by atoms with van der Waals surface area (Å²) >= 11 is 0. The molecular formula is C6H12O2. The van der Waals surface area contributed by atoms with Gasteiger partial charge >= 0.3 is 0 Å². The molecule has 0 aliphatic rings. The van der Waals surface area contributed by atoms with Crippen molar-refractivity contribution < 1.29 is 25.2 Å². The van der Waals surface area contributed by atoms with Gasteiger partial charge in [-0.05, 0) is 26.1 Å². The molecule has 0 unspecified atom stereocenters. The first-order chi connectivity index (χ1) is 8.55. The molecule has 0 rings (SSSR count). The van der Waals surface area contributed by atoms with Gasteiger partial charge in [0.1, 0.15) is 6.56 Å². The molecule has 0 amide bonds. The van der Waals surface area contributed by atoms with E-state index in [1.807, 2.05) is 0 Å².